The third-order valence-electron chi connectivity index (χ3n) is 4.63. The Labute approximate surface area is 167 Å². The van der Waals surface area contributed by atoms with E-state index >= 15 is 0 Å². The average molecular weight is 425 g/mol. The van der Waals surface area contributed by atoms with E-state index in [0.29, 0.717) is 0 Å². The van der Waals surface area contributed by atoms with E-state index in [-0.39, 0.29) is 29.6 Å². The molecule has 148 valence electrons. The molecule has 0 radical (unpaired) electrons. The van der Waals surface area contributed by atoms with Crippen LogP contribution in [-0.4, -0.2) is 43.5 Å². The number of carbonyl (C=O) groups is 1. The fraction of sp³-hybridized carbons (Fsp3) is 0.211. The molecule has 2 aromatic carbocycles. The van der Waals surface area contributed by atoms with Gasteiger partial charge in [0.25, 0.3) is 5.91 Å². The van der Waals surface area contributed by atoms with Crippen molar-refractivity contribution in [3.63, 3.8) is 0 Å². The van der Waals surface area contributed by atoms with Crippen molar-refractivity contribution in [3.05, 3.63) is 76.4 Å². The fourth-order valence-corrected chi connectivity index (χ4v) is 4.22. The third kappa shape index (κ3) is 4.19. The predicted molar refractivity (Wildman–Crippen MR) is 104 cm³/mol. The summed E-state index contributed by atoms with van der Waals surface area (Å²) in [4.78, 5) is 14.3. The summed E-state index contributed by atoms with van der Waals surface area (Å²) in [5.41, 5.74) is 0.837. The zero-order chi connectivity index (χ0) is 20.5. The average Bonchev–Trinajstić information content (AvgIpc) is 3.08. The molecular weight excluding hydrogens is 407 g/mol. The molecule has 1 amide bonds. The number of nitrogens with zero attached hydrogens (tertiary/aromatic N) is 1. The summed E-state index contributed by atoms with van der Waals surface area (Å²) in [7, 11) is -3.71. The number of phenols is 1. The van der Waals surface area contributed by atoms with Gasteiger partial charge in [-0.1, -0.05) is 48.5 Å². The van der Waals surface area contributed by atoms with Crippen LogP contribution in [0.4, 0.5) is 4.39 Å². The number of hydrogen-bond acceptors (Lipinski definition) is 4. The summed E-state index contributed by atoms with van der Waals surface area (Å²) in [5, 5.41) is 9.99. The molecule has 0 spiro atoms. The molecule has 9 heteroatoms. The SMILES string of the molecule is C=CS(=O)(=O)N[C@@H]1CN(C(=O)c2cc(F)c(O)c(Cl)c2)C[C@H]1c1ccccc1. The van der Waals surface area contributed by atoms with E-state index in [4.69, 9.17) is 11.6 Å². The lowest BCUT2D eigenvalue weighted by Crippen LogP contribution is -2.39. The number of halogens is 2. The van der Waals surface area contributed by atoms with Crippen molar-refractivity contribution in [1.82, 2.24) is 9.62 Å². The number of rotatable bonds is 5. The molecule has 0 aromatic heterocycles. The lowest BCUT2D eigenvalue weighted by Gasteiger charge is -2.18. The fourth-order valence-electron chi connectivity index (χ4n) is 3.26. The van der Waals surface area contributed by atoms with Gasteiger partial charge in [-0.3, -0.25) is 4.79 Å². The van der Waals surface area contributed by atoms with E-state index in [1.165, 1.54) is 11.0 Å². The molecule has 3 rings (SSSR count). The minimum Gasteiger partial charge on any atom is -0.504 e. The lowest BCUT2D eigenvalue weighted by atomic mass is 9.95. The monoisotopic (exact) mass is 424 g/mol. The van der Waals surface area contributed by atoms with Crippen LogP contribution in [0.3, 0.4) is 0 Å². The van der Waals surface area contributed by atoms with E-state index in [2.05, 4.69) is 11.3 Å². The summed E-state index contributed by atoms with van der Waals surface area (Å²) in [6, 6.07) is 10.7. The van der Waals surface area contributed by atoms with Crippen LogP contribution >= 0.6 is 11.6 Å². The molecule has 1 heterocycles. The van der Waals surface area contributed by atoms with Gasteiger partial charge in [0.15, 0.2) is 11.6 Å². The first-order valence-corrected chi connectivity index (χ1v) is 10.3. The highest BCUT2D eigenvalue weighted by Crippen LogP contribution is 2.32. The largest absolute Gasteiger partial charge is 0.504 e. The molecule has 0 saturated carbocycles. The smallest absolute Gasteiger partial charge is 0.254 e. The number of phenolic OH excluding ortho intramolecular Hbond substituents is 1. The Morgan fingerprint density at radius 2 is 1.96 bits per heavy atom. The maximum atomic E-state index is 13.8. The maximum absolute atomic E-state index is 13.8. The van der Waals surface area contributed by atoms with Crippen molar-refractivity contribution >= 4 is 27.5 Å². The molecule has 0 bridgehead atoms. The Bertz CT molecular complexity index is 991. The number of hydrogen-bond donors (Lipinski definition) is 2. The van der Waals surface area contributed by atoms with Crippen LogP contribution in [0.1, 0.15) is 21.8 Å². The highest BCUT2D eigenvalue weighted by Gasteiger charge is 2.38. The molecule has 1 aliphatic rings. The standard InChI is InChI=1S/C19H18ClFN2O4S/c1-2-28(26,27)22-17-11-23(10-14(17)12-6-4-3-5-7-12)19(25)13-8-15(20)18(24)16(21)9-13/h2-9,14,17,22,24H,1,10-11H2/t14-,17+/m0/s1. The normalized spacial score (nSPS) is 19.6. The van der Waals surface area contributed by atoms with Crippen LogP contribution in [0.15, 0.2) is 54.5 Å². The second-order valence-corrected chi connectivity index (χ2v) is 8.52. The summed E-state index contributed by atoms with van der Waals surface area (Å²) < 4.78 is 40.3. The third-order valence-corrected chi connectivity index (χ3v) is 5.99. The van der Waals surface area contributed by atoms with Crippen molar-refractivity contribution in [1.29, 1.82) is 0 Å². The first-order chi connectivity index (χ1) is 13.2. The topological polar surface area (TPSA) is 86.7 Å². The minimum atomic E-state index is -3.71. The Kier molecular flexibility index (Phi) is 5.74. The lowest BCUT2D eigenvalue weighted by molar-refractivity contribution is 0.0788. The summed E-state index contributed by atoms with van der Waals surface area (Å²) in [5.74, 6) is -2.53. The molecule has 28 heavy (non-hydrogen) atoms. The van der Waals surface area contributed by atoms with Gasteiger partial charge in [-0.2, -0.15) is 0 Å². The van der Waals surface area contributed by atoms with Gasteiger partial charge in [0, 0.05) is 36.0 Å². The Morgan fingerprint density at radius 3 is 2.57 bits per heavy atom. The highest BCUT2D eigenvalue weighted by atomic mass is 35.5. The molecule has 0 aliphatic carbocycles. The van der Waals surface area contributed by atoms with Crippen LogP contribution in [0.5, 0.6) is 5.75 Å². The van der Waals surface area contributed by atoms with Gasteiger partial charge < -0.3 is 10.0 Å². The molecule has 2 aromatic rings. The molecule has 0 unspecified atom stereocenters. The van der Waals surface area contributed by atoms with Gasteiger partial charge in [-0.05, 0) is 17.7 Å². The van der Waals surface area contributed by atoms with Gasteiger partial charge in [0.1, 0.15) is 0 Å². The molecule has 2 atom stereocenters. The van der Waals surface area contributed by atoms with Gasteiger partial charge in [0.2, 0.25) is 10.0 Å². The summed E-state index contributed by atoms with van der Waals surface area (Å²) >= 11 is 5.77. The maximum Gasteiger partial charge on any atom is 0.254 e. The molecule has 1 saturated heterocycles. The Morgan fingerprint density at radius 1 is 1.29 bits per heavy atom. The summed E-state index contributed by atoms with van der Waals surface area (Å²) in [6.45, 7) is 3.61. The van der Waals surface area contributed by atoms with Crippen molar-refractivity contribution < 1.29 is 22.7 Å². The van der Waals surface area contributed by atoms with Gasteiger partial charge in [0.05, 0.1) is 5.02 Å². The molecular formula is C19H18ClFN2O4S. The number of amides is 1. The van der Waals surface area contributed by atoms with Crippen LogP contribution in [-0.2, 0) is 10.0 Å². The van der Waals surface area contributed by atoms with Crippen LogP contribution in [0, 0.1) is 5.82 Å². The number of sulfonamides is 1. The van der Waals surface area contributed by atoms with Crippen LogP contribution < -0.4 is 4.72 Å². The quantitative estimate of drug-likeness (QED) is 0.772. The minimum absolute atomic E-state index is 0.0284. The van der Waals surface area contributed by atoms with Gasteiger partial charge in [-0.15, -0.1) is 0 Å². The van der Waals surface area contributed by atoms with Gasteiger partial charge >= 0.3 is 0 Å². The number of likely N-dealkylation sites (tertiary alicyclic amines) is 1. The zero-order valence-electron chi connectivity index (χ0n) is 14.7. The van der Waals surface area contributed by atoms with E-state index in [1.807, 2.05) is 30.3 Å². The van der Waals surface area contributed by atoms with Crippen molar-refractivity contribution in [2.75, 3.05) is 13.1 Å². The number of carbonyl (C=O) groups excluding carboxylic acids is 1. The van der Waals surface area contributed by atoms with Crippen molar-refractivity contribution in [3.8, 4) is 5.75 Å². The Balaban J connectivity index is 1.91. The zero-order valence-corrected chi connectivity index (χ0v) is 16.3. The highest BCUT2D eigenvalue weighted by molar-refractivity contribution is 7.92. The Hall–Kier alpha value is -2.42. The van der Waals surface area contributed by atoms with E-state index < -0.39 is 33.5 Å². The molecule has 6 nitrogen and oxygen atoms in total. The van der Waals surface area contributed by atoms with E-state index in [1.54, 1.807) is 0 Å². The number of aromatic hydroxyl groups is 1. The first kappa shape index (κ1) is 20.3. The predicted octanol–water partition coefficient (Wildman–Crippen LogP) is 2.86. The van der Waals surface area contributed by atoms with E-state index in [0.717, 1.165) is 17.0 Å². The summed E-state index contributed by atoms with van der Waals surface area (Å²) in [6.07, 6.45) is 0. The molecule has 1 fully saturated rings. The number of nitrogens with one attached hydrogen (secondary N) is 1. The van der Waals surface area contributed by atoms with Crippen molar-refractivity contribution in [2.45, 2.75) is 12.0 Å². The van der Waals surface area contributed by atoms with E-state index in [9.17, 15) is 22.7 Å². The number of benzene rings is 2. The molecule has 1 aliphatic heterocycles. The second-order valence-electron chi connectivity index (χ2n) is 6.45. The van der Waals surface area contributed by atoms with Crippen molar-refractivity contribution in [2.24, 2.45) is 0 Å². The van der Waals surface area contributed by atoms with Gasteiger partial charge in [-0.25, -0.2) is 17.5 Å². The second kappa shape index (κ2) is 7.90. The van der Waals surface area contributed by atoms with Crippen LogP contribution in [0.25, 0.3) is 0 Å². The molecule has 2 N–H and O–H groups in total. The van der Waals surface area contributed by atoms with Crippen LogP contribution in [0.2, 0.25) is 5.02 Å². The first-order valence-electron chi connectivity index (χ1n) is 8.39.